The molecule has 0 spiro atoms. The van der Waals surface area contributed by atoms with Crippen LogP contribution in [0.5, 0.6) is 0 Å². The molecule has 2 aromatic rings. The lowest BCUT2D eigenvalue weighted by molar-refractivity contribution is 0.618. The van der Waals surface area contributed by atoms with Gasteiger partial charge in [0.25, 0.3) is 0 Å². The zero-order valence-electron chi connectivity index (χ0n) is 15.9. The SMILES string of the molecule is CCCc1cccc(-c2c(C)cc(/C=C\CCC3(N)CC3)cc2C)c1. The van der Waals surface area contributed by atoms with Gasteiger partial charge in [0.15, 0.2) is 0 Å². The summed E-state index contributed by atoms with van der Waals surface area (Å²) in [6.45, 7) is 6.69. The summed E-state index contributed by atoms with van der Waals surface area (Å²) >= 11 is 0. The van der Waals surface area contributed by atoms with Gasteiger partial charge < -0.3 is 5.73 Å². The van der Waals surface area contributed by atoms with Gasteiger partial charge in [0.2, 0.25) is 0 Å². The van der Waals surface area contributed by atoms with Crippen LogP contribution in [0.25, 0.3) is 17.2 Å². The van der Waals surface area contributed by atoms with Crippen molar-refractivity contribution < 1.29 is 0 Å². The summed E-state index contributed by atoms with van der Waals surface area (Å²) in [5.74, 6) is 0. The number of nitrogens with two attached hydrogens (primary N) is 1. The first-order valence-electron chi connectivity index (χ1n) is 9.67. The Hall–Kier alpha value is -1.86. The number of allylic oxidation sites excluding steroid dienone is 1. The van der Waals surface area contributed by atoms with Gasteiger partial charge in [-0.2, -0.15) is 0 Å². The summed E-state index contributed by atoms with van der Waals surface area (Å²) in [5.41, 5.74) is 14.5. The molecule has 132 valence electrons. The van der Waals surface area contributed by atoms with Gasteiger partial charge >= 0.3 is 0 Å². The molecule has 0 aliphatic heterocycles. The molecule has 0 bridgehead atoms. The van der Waals surface area contributed by atoms with Crippen LogP contribution in [0.2, 0.25) is 0 Å². The first-order chi connectivity index (χ1) is 12.0. The molecule has 1 aliphatic carbocycles. The molecule has 1 aliphatic rings. The minimum absolute atomic E-state index is 0.156. The smallest absolute Gasteiger partial charge is 0.0158 e. The van der Waals surface area contributed by atoms with Crippen LogP contribution < -0.4 is 5.73 Å². The highest BCUT2D eigenvalue weighted by Crippen LogP contribution is 2.36. The molecular weight excluding hydrogens is 302 g/mol. The van der Waals surface area contributed by atoms with Gasteiger partial charge in [-0.25, -0.2) is 0 Å². The maximum Gasteiger partial charge on any atom is 0.0158 e. The fraction of sp³-hybridized carbons (Fsp3) is 0.417. The molecule has 1 saturated carbocycles. The Morgan fingerprint density at radius 3 is 2.44 bits per heavy atom. The molecule has 0 unspecified atom stereocenters. The van der Waals surface area contributed by atoms with Crippen molar-refractivity contribution in [3.63, 3.8) is 0 Å². The second-order valence-electron chi connectivity index (χ2n) is 7.78. The zero-order valence-corrected chi connectivity index (χ0v) is 15.9. The number of hydrogen-bond donors (Lipinski definition) is 1. The van der Waals surface area contributed by atoms with Crippen molar-refractivity contribution in [3.05, 3.63) is 64.7 Å². The van der Waals surface area contributed by atoms with Gasteiger partial charge in [-0.1, -0.05) is 61.9 Å². The third-order valence-electron chi connectivity index (χ3n) is 5.32. The van der Waals surface area contributed by atoms with Gasteiger partial charge in [-0.3, -0.25) is 0 Å². The number of rotatable bonds is 7. The first-order valence-corrected chi connectivity index (χ1v) is 9.67. The summed E-state index contributed by atoms with van der Waals surface area (Å²) in [6, 6.07) is 13.6. The quantitative estimate of drug-likeness (QED) is 0.640. The maximum atomic E-state index is 6.16. The van der Waals surface area contributed by atoms with Crippen molar-refractivity contribution in [2.45, 2.75) is 64.8 Å². The zero-order chi connectivity index (χ0) is 17.9. The molecule has 0 aromatic heterocycles. The minimum Gasteiger partial charge on any atom is -0.325 e. The van der Waals surface area contributed by atoms with Crippen molar-refractivity contribution in [1.29, 1.82) is 0 Å². The highest BCUT2D eigenvalue weighted by Gasteiger charge is 2.36. The van der Waals surface area contributed by atoms with Gasteiger partial charge in [-0.05, 0) is 79.3 Å². The maximum absolute atomic E-state index is 6.16. The molecule has 1 heteroatoms. The minimum atomic E-state index is 0.156. The number of benzene rings is 2. The van der Waals surface area contributed by atoms with Crippen LogP contribution in [0.1, 0.15) is 61.3 Å². The predicted molar refractivity (Wildman–Crippen MR) is 110 cm³/mol. The number of hydrogen-bond acceptors (Lipinski definition) is 1. The van der Waals surface area contributed by atoms with E-state index in [0.29, 0.717) is 0 Å². The lowest BCUT2D eigenvalue weighted by Gasteiger charge is -2.13. The average molecular weight is 334 g/mol. The van der Waals surface area contributed by atoms with Crippen LogP contribution >= 0.6 is 0 Å². The van der Waals surface area contributed by atoms with E-state index >= 15 is 0 Å². The average Bonchev–Trinajstić information content (AvgIpc) is 3.30. The van der Waals surface area contributed by atoms with Crippen molar-refractivity contribution in [2.24, 2.45) is 5.73 Å². The number of aryl methyl sites for hydroxylation is 3. The topological polar surface area (TPSA) is 26.0 Å². The molecular formula is C24H31N. The molecule has 0 saturated heterocycles. The fourth-order valence-corrected chi connectivity index (χ4v) is 3.72. The third-order valence-corrected chi connectivity index (χ3v) is 5.32. The first kappa shape index (κ1) is 17.9. The highest BCUT2D eigenvalue weighted by atomic mass is 14.8. The Labute approximate surface area is 153 Å². The summed E-state index contributed by atoms with van der Waals surface area (Å²) in [4.78, 5) is 0. The van der Waals surface area contributed by atoms with E-state index < -0.39 is 0 Å². The van der Waals surface area contributed by atoms with Gasteiger partial charge in [-0.15, -0.1) is 0 Å². The van der Waals surface area contributed by atoms with E-state index in [9.17, 15) is 0 Å². The van der Waals surface area contributed by atoms with Gasteiger partial charge in [0, 0.05) is 5.54 Å². The van der Waals surface area contributed by atoms with Gasteiger partial charge in [0.05, 0.1) is 0 Å². The van der Waals surface area contributed by atoms with E-state index in [4.69, 9.17) is 5.73 Å². The molecule has 0 atom stereocenters. The van der Waals surface area contributed by atoms with Gasteiger partial charge in [0.1, 0.15) is 0 Å². The summed E-state index contributed by atoms with van der Waals surface area (Å²) < 4.78 is 0. The van der Waals surface area contributed by atoms with Crippen LogP contribution in [-0.4, -0.2) is 5.54 Å². The van der Waals surface area contributed by atoms with E-state index in [1.54, 1.807) is 0 Å². The van der Waals surface area contributed by atoms with Crippen LogP contribution in [0.4, 0.5) is 0 Å². The monoisotopic (exact) mass is 333 g/mol. The third kappa shape index (κ3) is 4.61. The fourth-order valence-electron chi connectivity index (χ4n) is 3.72. The normalized spacial score (nSPS) is 15.7. The molecule has 25 heavy (non-hydrogen) atoms. The molecule has 1 nitrogen and oxygen atoms in total. The summed E-state index contributed by atoms with van der Waals surface area (Å²) in [6.07, 6.45) is 11.5. The Morgan fingerprint density at radius 2 is 1.80 bits per heavy atom. The van der Waals surface area contributed by atoms with Crippen LogP contribution in [-0.2, 0) is 6.42 Å². The standard InChI is InChI=1S/C24H31N/c1-4-8-20-10-7-11-22(17-20)23-18(2)15-21(16-19(23)3)9-5-6-12-24(25)13-14-24/h5,7,9-11,15-17H,4,6,8,12-14,25H2,1-3H3/b9-5-. The van der Waals surface area contributed by atoms with Crippen molar-refractivity contribution in [3.8, 4) is 11.1 Å². The van der Waals surface area contributed by atoms with Crippen molar-refractivity contribution >= 4 is 6.08 Å². The molecule has 2 aromatic carbocycles. The second kappa shape index (κ2) is 7.58. The lowest BCUT2D eigenvalue weighted by Crippen LogP contribution is -2.20. The van der Waals surface area contributed by atoms with Crippen molar-refractivity contribution in [2.75, 3.05) is 0 Å². The van der Waals surface area contributed by atoms with E-state index in [1.165, 1.54) is 52.6 Å². The Bertz CT molecular complexity index is 742. The molecule has 0 amide bonds. The van der Waals surface area contributed by atoms with Crippen LogP contribution in [0.15, 0.2) is 42.5 Å². The van der Waals surface area contributed by atoms with E-state index in [-0.39, 0.29) is 5.54 Å². The molecule has 3 rings (SSSR count). The van der Waals surface area contributed by atoms with E-state index in [1.807, 2.05) is 0 Å². The molecule has 0 radical (unpaired) electrons. The Kier molecular flexibility index (Phi) is 5.44. The van der Waals surface area contributed by atoms with Crippen molar-refractivity contribution in [1.82, 2.24) is 0 Å². The molecule has 2 N–H and O–H groups in total. The molecule has 0 heterocycles. The highest BCUT2D eigenvalue weighted by molar-refractivity contribution is 5.73. The van der Waals surface area contributed by atoms with Crippen LogP contribution in [0.3, 0.4) is 0 Å². The molecule has 1 fully saturated rings. The Balaban J connectivity index is 1.77. The largest absolute Gasteiger partial charge is 0.325 e. The second-order valence-corrected chi connectivity index (χ2v) is 7.78. The summed E-state index contributed by atoms with van der Waals surface area (Å²) in [5, 5.41) is 0. The van der Waals surface area contributed by atoms with Crippen LogP contribution in [0, 0.1) is 13.8 Å². The Morgan fingerprint density at radius 1 is 1.08 bits per heavy atom. The lowest BCUT2D eigenvalue weighted by atomic mass is 9.92. The predicted octanol–water partition coefficient (Wildman–Crippen LogP) is 6.21. The summed E-state index contributed by atoms with van der Waals surface area (Å²) in [7, 11) is 0. The van der Waals surface area contributed by atoms with E-state index in [0.717, 1.165) is 19.3 Å². The van der Waals surface area contributed by atoms with E-state index in [2.05, 4.69) is 69.3 Å².